The van der Waals surface area contributed by atoms with Crippen LogP contribution in [0.3, 0.4) is 0 Å². The number of carbonyl (C=O) groups excluding carboxylic acids is 1. The summed E-state index contributed by atoms with van der Waals surface area (Å²) in [7, 11) is 0. The van der Waals surface area contributed by atoms with Crippen LogP contribution >= 0.6 is 0 Å². The molecular formula is C12H12O3. The molecule has 1 aromatic rings. The highest BCUT2D eigenvalue weighted by Gasteiger charge is 2.57. The van der Waals surface area contributed by atoms with Gasteiger partial charge in [0, 0.05) is 18.9 Å². The van der Waals surface area contributed by atoms with Crippen molar-refractivity contribution in [3.05, 3.63) is 35.4 Å². The maximum atomic E-state index is 11.7. The predicted molar refractivity (Wildman–Crippen MR) is 53.1 cm³/mol. The van der Waals surface area contributed by atoms with Gasteiger partial charge in [-0.1, -0.05) is 24.3 Å². The van der Waals surface area contributed by atoms with Gasteiger partial charge in [0.2, 0.25) is 5.79 Å². The molecule has 2 unspecified atom stereocenters. The van der Waals surface area contributed by atoms with Crippen LogP contribution in [-0.4, -0.2) is 11.6 Å². The fourth-order valence-electron chi connectivity index (χ4n) is 2.48. The Hall–Kier alpha value is -1.35. The minimum Gasteiger partial charge on any atom is -0.427 e. The molecule has 1 fully saturated rings. The van der Waals surface area contributed by atoms with Gasteiger partial charge in [0.25, 0.3) is 0 Å². The fourth-order valence-corrected chi connectivity index (χ4v) is 2.48. The van der Waals surface area contributed by atoms with Crippen LogP contribution in [0.15, 0.2) is 24.3 Å². The molecule has 0 spiro atoms. The van der Waals surface area contributed by atoms with Crippen molar-refractivity contribution in [3.63, 3.8) is 0 Å². The number of rotatable bonds is 0. The summed E-state index contributed by atoms with van der Waals surface area (Å²) in [5.74, 6) is -1.15. The number of hydrogen-bond donors (Lipinski definition) is 0. The molecule has 0 amide bonds. The largest absolute Gasteiger partial charge is 0.427 e. The predicted octanol–water partition coefficient (Wildman–Crippen LogP) is 1.75. The summed E-state index contributed by atoms with van der Waals surface area (Å²) in [5, 5.41) is 0. The maximum Gasteiger partial charge on any atom is 0.341 e. The van der Waals surface area contributed by atoms with Crippen molar-refractivity contribution in [2.45, 2.75) is 31.7 Å². The summed E-state index contributed by atoms with van der Waals surface area (Å²) in [6, 6.07) is 7.88. The van der Waals surface area contributed by atoms with Crippen molar-refractivity contribution >= 4 is 5.97 Å². The van der Waals surface area contributed by atoms with E-state index in [1.54, 1.807) is 13.8 Å². The third kappa shape index (κ3) is 1.01. The van der Waals surface area contributed by atoms with Gasteiger partial charge in [-0.05, 0) is 12.5 Å². The Morgan fingerprint density at radius 2 is 2.00 bits per heavy atom. The second kappa shape index (κ2) is 2.42. The molecule has 0 aliphatic carbocycles. The van der Waals surface area contributed by atoms with E-state index in [4.69, 9.17) is 9.47 Å². The number of fused-ring (bicyclic) bond motifs is 4. The Balaban J connectivity index is 2.23. The van der Waals surface area contributed by atoms with E-state index in [1.807, 2.05) is 24.3 Å². The Morgan fingerprint density at radius 1 is 1.27 bits per heavy atom. The van der Waals surface area contributed by atoms with E-state index in [0.717, 1.165) is 11.1 Å². The highest BCUT2D eigenvalue weighted by Crippen LogP contribution is 2.47. The van der Waals surface area contributed by atoms with Gasteiger partial charge in [-0.2, -0.15) is 0 Å². The number of esters is 1. The molecule has 2 heterocycles. The Kier molecular flexibility index (Phi) is 1.44. The van der Waals surface area contributed by atoms with Crippen molar-refractivity contribution in [2.75, 3.05) is 0 Å². The quantitative estimate of drug-likeness (QED) is 0.604. The summed E-state index contributed by atoms with van der Waals surface area (Å²) in [5.41, 5.74) is 1.30. The van der Waals surface area contributed by atoms with Crippen LogP contribution in [0, 0.1) is 0 Å². The lowest BCUT2D eigenvalue weighted by molar-refractivity contribution is -0.189. The zero-order valence-corrected chi connectivity index (χ0v) is 8.74. The highest BCUT2D eigenvalue weighted by atomic mass is 16.8. The molecule has 0 saturated carbocycles. The second-order valence-corrected chi connectivity index (χ2v) is 4.50. The van der Waals surface area contributed by atoms with Gasteiger partial charge in [0.1, 0.15) is 0 Å². The summed E-state index contributed by atoms with van der Waals surface area (Å²) < 4.78 is 11.1. The molecule has 2 aliphatic rings. The third-order valence-corrected chi connectivity index (χ3v) is 3.17. The first-order valence-electron chi connectivity index (χ1n) is 5.06. The molecule has 78 valence electrons. The van der Waals surface area contributed by atoms with E-state index in [-0.39, 0.29) is 5.97 Å². The smallest absolute Gasteiger partial charge is 0.341 e. The van der Waals surface area contributed by atoms with E-state index in [0.29, 0.717) is 6.42 Å². The summed E-state index contributed by atoms with van der Waals surface area (Å²) in [6.45, 7) is 3.59. The van der Waals surface area contributed by atoms with Crippen molar-refractivity contribution in [1.29, 1.82) is 0 Å². The molecule has 15 heavy (non-hydrogen) atoms. The van der Waals surface area contributed by atoms with E-state index in [9.17, 15) is 4.79 Å². The van der Waals surface area contributed by atoms with E-state index < -0.39 is 11.4 Å². The molecule has 0 radical (unpaired) electrons. The zero-order chi connectivity index (χ0) is 10.7. The van der Waals surface area contributed by atoms with Crippen molar-refractivity contribution in [2.24, 2.45) is 0 Å². The molecule has 3 nitrogen and oxygen atoms in total. The van der Waals surface area contributed by atoms with E-state index >= 15 is 0 Å². The molecule has 0 aromatic heterocycles. The number of ether oxygens (including phenoxy) is 2. The molecule has 2 bridgehead atoms. The Bertz CT molecular complexity index is 454. The normalized spacial score (nSPS) is 37.3. The minimum absolute atomic E-state index is 0.263. The average Bonchev–Trinajstić information content (AvgIpc) is 2.34. The van der Waals surface area contributed by atoms with Gasteiger partial charge in [-0.25, -0.2) is 4.79 Å². The molecule has 2 aliphatic heterocycles. The van der Waals surface area contributed by atoms with Gasteiger partial charge >= 0.3 is 5.97 Å². The van der Waals surface area contributed by atoms with Crippen LogP contribution in [0.2, 0.25) is 0 Å². The lowest BCUT2D eigenvalue weighted by Crippen LogP contribution is -2.40. The lowest BCUT2D eigenvalue weighted by Gasteiger charge is -2.32. The second-order valence-electron chi connectivity index (χ2n) is 4.50. The van der Waals surface area contributed by atoms with Crippen molar-refractivity contribution in [1.82, 2.24) is 0 Å². The average molecular weight is 204 g/mol. The van der Waals surface area contributed by atoms with Gasteiger partial charge in [-0.15, -0.1) is 0 Å². The lowest BCUT2D eigenvalue weighted by atomic mass is 9.88. The molecule has 3 heteroatoms. The van der Waals surface area contributed by atoms with Gasteiger partial charge in [-0.3, -0.25) is 0 Å². The van der Waals surface area contributed by atoms with Gasteiger partial charge < -0.3 is 9.47 Å². The maximum absolute atomic E-state index is 11.7. The first-order valence-corrected chi connectivity index (χ1v) is 5.06. The van der Waals surface area contributed by atoms with Crippen molar-refractivity contribution in [3.8, 4) is 0 Å². The van der Waals surface area contributed by atoms with E-state index in [1.165, 1.54) is 0 Å². The minimum atomic E-state index is -0.888. The summed E-state index contributed by atoms with van der Waals surface area (Å²) in [6.07, 6.45) is 0.595. The molecule has 2 atom stereocenters. The van der Waals surface area contributed by atoms with Crippen LogP contribution in [-0.2, 0) is 26.5 Å². The van der Waals surface area contributed by atoms with Crippen LogP contribution in [0.25, 0.3) is 0 Å². The summed E-state index contributed by atoms with van der Waals surface area (Å²) in [4.78, 5) is 11.7. The van der Waals surface area contributed by atoms with Crippen LogP contribution in [0.1, 0.15) is 25.0 Å². The van der Waals surface area contributed by atoms with Crippen LogP contribution in [0.5, 0.6) is 0 Å². The fraction of sp³-hybridized carbons (Fsp3) is 0.417. The van der Waals surface area contributed by atoms with E-state index in [2.05, 4.69) is 0 Å². The third-order valence-electron chi connectivity index (χ3n) is 3.17. The number of benzene rings is 1. The number of carbonyl (C=O) groups is 1. The molecule has 3 rings (SSSR count). The Morgan fingerprint density at radius 3 is 2.80 bits per heavy atom. The van der Waals surface area contributed by atoms with Gasteiger partial charge in [0.05, 0.1) is 0 Å². The number of hydrogen-bond acceptors (Lipinski definition) is 3. The summed E-state index contributed by atoms with van der Waals surface area (Å²) >= 11 is 0. The monoisotopic (exact) mass is 204 g/mol. The highest BCUT2D eigenvalue weighted by molar-refractivity contribution is 5.83. The molecule has 0 N–H and O–H groups in total. The topological polar surface area (TPSA) is 35.5 Å². The van der Waals surface area contributed by atoms with Crippen molar-refractivity contribution < 1.29 is 14.3 Å². The van der Waals surface area contributed by atoms with Crippen LogP contribution in [0.4, 0.5) is 0 Å². The molecule has 1 aromatic carbocycles. The van der Waals surface area contributed by atoms with Crippen LogP contribution < -0.4 is 0 Å². The standard InChI is InChI=1S/C12H12O3/c1-11-7-8-5-3-4-6-9(8)12(2,15-11)14-10(11)13/h3-6H,7H2,1-2H3. The Labute approximate surface area is 88.0 Å². The van der Waals surface area contributed by atoms with Gasteiger partial charge in [0.15, 0.2) is 5.60 Å². The molecule has 1 saturated heterocycles. The SMILES string of the molecule is CC12Cc3ccccc3C(C)(OC1=O)O2. The first-order chi connectivity index (χ1) is 7.04. The first kappa shape index (κ1) is 8.92. The molecular weight excluding hydrogens is 192 g/mol. The zero-order valence-electron chi connectivity index (χ0n) is 8.74.